The summed E-state index contributed by atoms with van der Waals surface area (Å²) in [5, 5.41) is 21.1. The number of ether oxygens (including phenoxy) is 4. The number of phenols is 1. The molecule has 0 saturated carbocycles. The number of rotatable bonds is 9. The van der Waals surface area contributed by atoms with Gasteiger partial charge in [-0.05, 0) is 59.2 Å². The highest BCUT2D eigenvalue weighted by Crippen LogP contribution is 2.42. The van der Waals surface area contributed by atoms with Crippen molar-refractivity contribution in [3.05, 3.63) is 136 Å². The molecule has 10 nitrogen and oxygen atoms in total. The van der Waals surface area contributed by atoms with Gasteiger partial charge < -0.3 is 29.2 Å². The molecule has 1 saturated heterocycles. The minimum atomic E-state index is -1.09. The molecule has 3 heterocycles. The number of methoxy groups -OCH3 is 2. The molecule has 6 aromatic rings. The molecule has 10 heteroatoms. The van der Waals surface area contributed by atoms with Crippen molar-refractivity contribution < 1.29 is 29.2 Å². The zero-order valence-corrected chi connectivity index (χ0v) is 25.3. The largest absolute Gasteiger partial charge is 0.508 e. The molecule has 1 aliphatic rings. The van der Waals surface area contributed by atoms with Crippen LogP contribution in [-0.4, -0.2) is 57.2 Å². The number of phenolic OH excluding ortho intramolecular Hbond substituents is 1. The van der Waals surface area contributed by atoms with Gasteiger partial charge >= 0.3 is 5.69 Å². The molecule has 0 amide bonds. The van der Waals surface area contributed by atoms with Crippen LogP contribution in [0.3, 0.4) is 0 Å². The van der Waals surface area contributed by atoms with Crippen LogP contribution in [0.1, 0.15) is 29.3 Å². The van der Waals surface area contributed by atoms with Gasteiger partial charge in [0.15, 0.2) is 0 Å². The Labute approximate surface area is 264 Å². The Balaban J connectivity index is 1.24. The number of imidazole rings is 1. The molecule has 0 spiro atoms. The number of aliphatic hydroxyl groups is 1. The first-order valence-electron chi connectivity index (χ1n) is 15.0. The zero-order chi connectivity index (χ0) is 31.8. The Bertz CT molecular complexity index is 1990. The van der Waals surface area contributed by atoms with E-state index >= 15 is 0 Å². The highest BCUT2D eigenvalue weighted by molar-refractivity contribution is 5.81. The second kappa shape index (κ2) is 12.0. The van der Waals surface area contributed by atoms with Crippen molar-refractivity contribution in [2.45, 2.75) is 30.5 Å². The van der Waals surface area contributed by atoms with Gasteiger partial charge in [-0.3, -0.25) is 4.57 Å². The number of aromatic nitrogens is 3. The summed E-state index contributed by atoms with van der Waals surface area (Å²) in [6.07, 6.45) is -0.556. The van der Waals surface area contributed by atoms with Crippen molar-refractivity contribution in [2.75, 3.05) is 20.8 Å². The third-order valence-electron chi connectivity index (χ3n) is 8.61. The summed E-state index contributed by atoms with van der Waals surface area (Å²) in [5.74, 6) is 1.49. The van der Waals surface area contributed by atoms with Crippen LogP contribution >= 0.6 is 0 Å². The van der Waals surface area contributed by atoms with E-state index in [2.05, 4.69) is 4.98 Å². The van der Waals surface area contributed by atoms with Crippen molar-refractivity contribution in [2.24, 2.45) is 0 Å². The van der Waals surface area contributed by atoms with Crippen LogP contribution < -0.4 is 15.2 Å². The molecule has 2 aromatic heterocycles. The summed E-state index contributed by atoms with van der Waals surface area (Å²) in [5.41, 5.74) is 2.67. The average Bonchev–Trinajstić information content (AvgIpc) is 3.65. The molecule has 2 N–H and O–H groups in total. The van der Waals surface area contributed by atoms with Crippen molar-refractivity contribution >= 4 is 16.7 Å². The van der Waals surface area contributed by atoms with Gasteiger partial charge in [0.2, 0.25) is 0 Å². The van der Waals surface area contributed by atoms with Gasteiger partial charge in [-0.25, -0.2) is 14.2 Å². The van der Waals surface area contributed by atoms with E-state index in [0.29, 0.717) is 28.2 Å². The van der Waals surface area contributed by atoms with E-state index in [1.807, 2.05) is 78.9 Å². The highest BCUT2D eigenvalue weighted by Gasteiger charge is 2.42. The van der Waals surface area contributed by atoms with Crippen molar-refractivity contribution in [3.63, 3.8) is 0 Å². The molecule has 4 aromatic carbocycles. The standard InChI is InChI=1S/C36H33N3O7/c1-43-27-13-8-24(9-14-27)36(23-6-4-3-5-7-23,25-10-15-28(44-2)16-11-25)45-22-32-31(41)21-34(46-32)38-19-18-33-37-29-20-26(40)12-17-30(29)39(33)35(38)42/h3-20,31-32,34,40-41H,21-22H2,1-2H3/t31-,32+,34+/m0/s1. The van der Waals surface area contributed by atoms with Gasteiger partial charge in [-0.1, -0.05) is 54.6 Å². The fraction of sp³-hybridized carbons (Fsp3) is 0.222. The van der Waals surface area contributed by atoms with Crippen LogP contribution in [0.2, 0.25) is 0 Å². The molecule has 0 aliphatic carbocycles. The lowest BCUT2D eigenvalue weighted by Crippen LogP contribution is -2.38. The van der Waals surface area contributed by atoms with E-state index in [-0.39, 0.29) is 24.5 Å². The number of fused-ring (bicyclic) bond motifs is 3. The maximum absolute atomic E-state index is 13.7. The van der Waals surface area contributed by atoms with Gasteiger partial charge in [0.25, 0.3) is 0 Å². The number of hydrogen-bond acceptors (Lipinski definition) is 8. The maximum atomic E-state index is 13.7. The van der Waals surface area contributed by atoms with E-state index in [1.54, 1.807) is 32.5 Å². The van der Waals surface area contributed by atoms with Gasteiger partial charge in [-0.15, -0.1) is 0 Å². The average molecular weight is 620 g/mol. The Hall–Kier alpha value is -5.16. The number of nitrogens with zero attached hydrogens (tertiary/aromatic N) is 3. The highest BCUT2D eigenvalue weighted by atomic mass is 16.6. The topological polar surface area (TPSA) is 117 Å². The van der Waals surface area contributed by atoms with E-state index < -0.39 is 24.0 Å². The number of hydrogen-bond donors (Lipinski definition) is 2. The smallest absolute Gasteiger partial charge is 0.336 e. The summed E-state index contributed by atoms with van der Waals surface area (Å²) in [4.78, 5) is 18.1. The SMILES string of the molecule is COc1ccc(C(OC[C@H]2O[C@@H](n3ccc4nc5cc(O)ccc5n4c3=O)C[C@@H]2O)(c2ccccc2)c2ccc(OC)cc2)cc1. The first-order valence-corrected chi connectivity index (χ1v) is 15.0. The lowest BCUT2D eigenvalue weighted by atomic mass is 9.80. The lowest BCUT2D eigenvalue weighted by molar-refractivity contribution is -0.0944. The molecule has 3 atom stereocenters. The van der Waals surface area contributed by atoms with Crippen molar-refractivity contribution in [3.8, 4) is 17.2 Å². The molecule has 1 fully saturated rings. The van der Waals surface area contributed by atoms with E-state index in [4.69, 9.17) is 18.9 Å². The first kappa shape index (κ1) is 29.5. The molecule has 0 radical (unpaired) electrons. The van der Waals surface area contributed by atoms with Crippen LogP contribution in [0.4, 0.5) is 0 Å². The normalized spacial score (nSPS) is 18.3. The number of aliphatic hydroxyl groups excluding tert-OH is 1. The van der Waals surface area contributed by atoms with Gasteiger partial charge in [-0.2, -0.15) is 0 Å². The third-order valence-corrected chi connectivity index (χ3v) is 8.61. The second-order valence-electron chi connectivity index (χ2n) is 11.2. The van der Waals surface area contributed by atoms with Crippen LogP contribution in [0.5, 0.6) is 17.2 Å². The number of aromatic hydroxyl groups is 1. The monoisotopic (exact) mass is 619 g/mol. The molecule has 46 heavy (non-hydrogen) atoms. The lowest BCUT2D eigenvalue weighted by Gasteiger charge is -2.37. The Morgan fingerprint density at radius 2 is 1.50 bits per heavy atom. The molecule has 234 valence electrons. The predicted octanol–water partition coefficient (Wildman–Crippen LogP) is 5.03. The van der Waals surface area contributed by atoms with Gasteiger partial charge in [0.1, 0.15) is 40.8 Å². The van der Waals surface area contributed by atoms with E-state index in [1.165, 1.54) is 21.1 Å². The van der Waals surface area contributed by atoms with E-state index in [9.17, 15) is 15.0 Å². The summed E-state index contributed by atoms with van der Waals surface area (Å²) in [7, 11) is 3.25. The first-order chi connectivity index (χ1) is 22.4. The minimum absolute atomic E-state index is 0.0227. The minimum Gasteiger partial charge on any atom is -0.508 e. The maximum Gasteiger partial charge on any atom is 0.336 e. The summed E-state index contributed by atoms with van der Waals surface area (Å²) in [6.45, 7) is 0.0227. The Kier molecular flexibility index (Phi) is 7.69. The quantitative estimate of drug-likeness (QED) is 0.217. The van der Waals surface area contributed by atoms with Crippen molar-refractivity contribution in [1.82, 2.24) is 14.0 Å². The summed E-state index contributed by atoms with van der Waals surface area (Å²) >= 11 is 0. The summed E-state index contributed by atoms with van der Waals surface area (Å²) in [6, 6.07) is 31.7. The zero-order valence-electron chi connectivity index (χ0n) is 25.3. The fourth-order valence-electron chi connectivity index (χ4n) is 6.26. The Morgan fingerprint density at radius 3 is 2.13 bits per heavy atom. The third kappa shape index (κ3) is 5.06. The van der Waals surface area contributed by atoms with Gasteiger partial charge in [0.05, 0.1) is 38.0 Å². The van der Waals surface area contributed by atoms with Crippen LogP contribution in [0, 0.1) is 0 Å². The van der Waals surface area contributed by atoms with Crippen molar-refractivity contribution in [1.29, 1.82) is 0 Å². The summed E-state index contributed by atoms with van der Waals surface area (Å²) < 4.78 is 27.1. The molecule has 0 bridgehead atoms. The molecular formula is C36H33N3O7. The van der Waals surface area contributed by atoms with Crippen LogP contribution in [-0.2, 0) is 15.1 Å². The van der Waals surface area contributed by atoms with Crippen LogP contribution in [0.25, 0.3) is 16.7 Å². The number of benzene rings is 4. The molecule has 7 rings (SSSR count). The van der Waals surface area contributed by atoms with Gasteiger partial charge in [0, 0.05) is 18.7 Å². The van der Waals surface area contributed by atoms with E-state index in [0.717, 1.165) is 16.7 Å². The Morgan fingerprint density at radius 1 is 0.870 bits per heavy atom. The predicted molar refractivity (Wildman–Crippen MR) is 171 cm³/mol. The second-order valence-corrected chi connectivity index (χ2v) is 11.2. The fourth-order valence-corrected chi connectivity index (χ4v) is 6.26. The molecular weight excluding hydrogens is 586 g/mol. The molecule has 1 aliphatic heterocycles. The van der Waals surface area contributed by atoms with Crippen LogP contribution in [0.15, 0.2) is 114 Å². The molecule has 0 unspecified atom stereocenters.